The van der Waals surface area contributed by atoms with Crippen molar-refractivity contribution < 1.29 is 27.5 Å². The van der Waals surface area contributed by atoms with Crippen molar-refractivity contribution in [2.24, 2.45) is 11.8 Å². The number of nitrogens with zero attached hydrogens (tertiary/aromatic N) is 1. The van der Waals surface area contributed by atoms with Gasteiger partial charge in [0.25, 0.3) is 5.91 Å². The summed E-state index contributed by atoms with van der Waals surface area (Å²) in [6.45, 7) is 4.94. The fourth-order valence-corrected chi connectivity index (χ4v) is 5.63. The van der Waals surface area contributed by atoms with Crippen molar-refractivity contribution in [3.8, 4) is 0 Å². The van der Waals surface area contributed by atoms with Crippen molar-refractivity contribution in [1.82, 2.24) is 9.62 Å². The molecule has 1 saturated carbocycles. The summed E-state index contributed by atoms with van der Waals surface area (Å²) in [6.07, 6.45) is 3.10. The fourth-order valence-electron chi connectivity index (χ4n) is 4.00. The summed E-state index contributed by atoms with van der Waals surface area (Å²) >= 11 is 6.10. The Kier molecular flexibility index (Phi) is 7.96. The maximum absolute atomic E-state index is 12.8. The van der Waals surface area contributed by atoms with E-state index in [0.29, 0.717) is 25.0 Å². The van der Waals surface area contributed by atoms with E-state index in [1.807, 2.05) is 0 Å². The first-order valence-electron chi connectivity index (χ1n) is 10.5. The molecule has 1 amide bonds. The molecule has 2 fully saturated rings. The minimum absolute atomic E-state index is 0.0554. The van der Waals surface area contributed by atoms with E-state index >= 15 is 0 Å². The molecule has 1 aliphatic carbocycles. The van der Waals surface area contributed by atoms with Crippen molar-refractivity contribution in [2.45, 2.75) is 44.0 Å². The van der Waals surface area contributed by atoms with Crippen molar-refractivity contribution in [3.63, 3.8) is 0 Å². The fraction of sp³-hybridized carbons (Fsp3) is 0.619. The van der Waals surface area contributed by atoms with Gasteiger partial charge in [-0.05, 0) is 36.5 Å². The third-order valence-corrected chi connectivity index (χ3v) is 8.38. The minimum atomic E-state index is -3.79. The first kappa shape index (κ1) is 24.0. The number of hydrogen-bond donors (Lipinski definition) is 1. The summed E-state index contributed by atoms with van der Waals surface area (Å²) in [6, 6.07) is 3.94. The van der Waals surface area contributed by atoms with Gasteiger partial charge in [-0.3, -0.25) is 4.79 Å². The zero-order chi connectivity index (χ0) is 22.6. The number of halogens is 1. The molecule has 0 spiro atoms. The predicted octanol–water partition coefficient (Wildman–Crippen LogP) is 2.46. The zero-order valence-electron chi connectivity index (χ0n) is 17.8. The van der Waals surface area contributed by atoms with Crippen molar-refractivity contribution >= 4 is 33.5 Å². The standard InChI is InChI=1S/C21H29ClN2O6S/c1-14-4-3-5-19(15(14)2)23-20(25)13-30-21(26)17-12-16(6-7-18(17)22)31(27,28)24-8-10-29-11-9-24/h6-7,12,14-15,19H,3-5,8-11,13H2,1-2H3,(H,23,25)/t14-,15+,19-/m1/s1. The van der Waals surface area contributed by atoms with Crippen LogP contribution in [0.25, 0.3) is 0 Å². The van der Waals surface area contributed by atoms with E-state index in [-0.39, 0.29) is 40.5 Å². The highest BCUT2D eigenvalue weighted by Gasteiger charge is 2.29. The molecule has 31 heavy (non-hydrogen) atoms. The van der Waals surface area contributed by atoms with Gasteiger partial charge in [-0.2, -0.15) is 4.31 Å². The Morgan fingerprint density at radius 2 is 1.94 bits per heavy atom. The number of sulfonamides is 1. The van der Waals surface area contributed by atoms with Gasteiger partial charge in [0.15, 0.2) is 6.61 Å². The number of hydrogen-bond acceptors (Lipinski definition) is 6. The van der Waals surface area contributed by atoms with Crippen LogP contribution < -0.4 is 5.32 Å². The second-order valence-corrected chi connectivity index (χ2v) is 10.5. The molecule has 3 atom stereocenters. The second-order valence-electron chi connectivity index (χ2n) is 8.18. The number of rotatable bonds is 6. The van der Waals surface area contributed by atoms with Crippen molar-refractivity contribution in [1.29, 1.82) is 0 Å². The Morgan fingerprint density at radius 1 is 1.23 bits per heavy atom. The van der Waals surface area contributed by atoms with Crippen molar-refractivity contribution in [2.75, 3.05) is 32.9 Å². The number of carbonyl (C=O) groups excluding carboxylic acids is 2. The molecule has 3 rings (SSSR count). The second kappa shape index (κ2) is 10.3. The lowest BCUT2D eigenvalue weighted by atomic mass is 9.78. The van der Waals surface area contributed by atoms with Gasteiger partial charge in [0, 0.05) is 19.1 Å². The van der Waals surface area contributed by atoms with Crippen LogP contribution in [0, 0.1) is 11.8 Å². The minimum Gasteiger partial charge on any atom is -0.452 e. The van der Waals surface area contributed by atoms with Crippen LogP contribution in [0.5, 0.6) is 0 Å². The average molecular weight is 473 g/mol. The number of amides is 1. The van der Waals surface area contributed by atoms with E-state index in [9.17, 15) is 18.0 Å². The van der Waals surface area contributed by atoms with Crippen LogP contribution in [0.1, 0.15) is 43.5 Å². The molecule has 1 aromatic rings. The van der Waals surface area contributed by atoms with Gasteiger partial charge in [-0.1, -0.05) is 38.3 Å². The number of esters is 1. The molecule has 10 heteroatoms. The summed E-state index contributed by atoms with van der Waals surface area (Å²) in [7, 11) is -3.79. The molecule has 2 aliphatic rings. The number of nitrogens with one attached hydrogen (secondary N) is 1. The number of carbonyl (C=O) groups is 2. The predicted molar refractivity (Wildman–Crippen MR) is 115 cm³/mol. The summed E-state index contributed by atoms with van der Waals surface area (Å²) in [5.41, 5.74) is -0.0940. The van der Waals surface area contributed by atoms with E-state index in [2.05, 4.69) is 19.2 Å². The third-order valence-electron chi connectivity index (χ3n) is 6.15. The largest absolute Gasteiger partial charge is 0.452 e. The highest BCUT2D eigenvalue weighted by Crippen LogP contribution is 2.29. The van der Waals surface area contributed by atoms with Gasteiger partial charge in [0.1, 0.15) is 0 Å². The normalized spacial score (nSPS) is 25.1. The van der Waals surface area contributed by atoms with Gasteiger partial charge in [0.05, 0.1) is 28.7 Å². The van der Waals surface area contributed by atoms with Crippen LogP contribution in [-0.4, -0.2) is 63.6 Å². The number of benzene rings is 1. The molecule has 1 N–H and O–H groups in total. The van der Waals surface area contributed by atoms with Gasteiger partial charge in [-0.25, -0.2) is 13.2 Å². The number of ether oxygens (including phenoxy) is 2. The topological polar surface area (TPSA) is 102 Å². The van der Waals surface area contributed by atoms with Crippen LogP contribution in [0.2, 0.25) is 5.02 Å². The summed E-state index contributed by atoms with van der Waals surface area (Å²) < 4.78 is 37.3. The molecule has 0 radical (unpaired) electrons. The molecular formula is C21H29ClN2O6S. The third kappa shape index (κ3) is 5.77. The van der Waals surface area contributed by atoms with E-state index in [1.54, 1.807) is 0 Å². The van der Waals surface area contributed by atoms with E-state index in [4.69, 9.17) is 21.1 Å². The van der Waals surface area contributed by atoms with Crippen LogP contribution in [-0.2, 0) is 24.3 Å². The molecule has 172 valence electrons. The first-order valence-corrected chi connectivity index (χ1v) is 12.4. The van der Waals surface area contributed by atoms with Crippen LogP contribution in [0.15, 0.2) is 23.1 Å². The van der Waals surface area contributed by atoms with Gasteiger partial charge < -0.3 is 14.8 Å². The summed E-state index contributed by atoms with van der Waals surface area (Å²) in [5, 5.41) is 2.99. The van der Waals surface area contributed by atoms with Crippen LogP contribution in [0.4, 0.5) is 0 Å². The van der Waals surface area contributed by atoms with Crippen LogP contribution in [0.3, 0.4) is 0 Å². The van der Waals surface area contributed by atoms with Gasteiger partial charge in [0.2, 0.25) is 10.0 Å². The maximum atomic E-state index is 12.8. The Labute approximate surface area is 188 Å². The molecule has 0 aromatic heterocycles. The Balaban J connectivity index is 1.63. The monoisotopic (exact) mass is 472 g/mol. The smallest absolute Gasteiger partial charge is 0.340 e. The summed E-state index contributed by atoms with van der Waals surface area (Å²) in [5.74, 6) is -0.349. The highest BCUT2D eigenvalue weighted by molar-refractivity contribution is 7.89. The summed E-state index contributed by atoms with van der Waals surface area (Å²) in [4.78, 5) is 24.7. The lowest BCUT2D eigenvalue weighted by molar-refractivity contribution is -0.125. The molecular weight excluding hydrogens is 444 g/mol. The lowest BCUT2D eigenvalue weighted by Crippen LogP contribution is -2.45. The van der Waals surface area contributed by atoms with E-state index in [1.165, 1.54) is 22.5 Å². The molecule has 1 saturated heterocycles. The van der Waals surface area contributed by atoms with Gasteiger partial charge >= 0.3 is 5.97 Å². The van der Waals surface area contributed by atoms with Crippen molar-refractivity contribution in [3.05, 3.63) is 28.8 Å². The van der Waals surface area contributed by atoms with E-state index < -0.39 is 22.6 Å². The number of morpholine rings is 1. The average Bonchev–Trinajstić information content (AvgIpc) is 2.76. The SMILES string of the molecule is C[C@H]1[C@H](C)CCC[C@H]1NC(=O)COC(=O)c1cc(S(=O)(=O)N2CCOCC2)ccc1Cl. The van der Waals surface area contributed by atoms with E-state index in [0.717, 1.165) is 19.3 Å². The molecule has 0 unspecified atom stereocenters. The first-order chi connectivity index (χ1) is 14.7. The zero-order valence-corrected chi connectivity index (χ0v) is 19.4. The van der Waals surface area contributed by atoms with Gasteiger partial charge in [-0.15, -0.1) is 0 Å². The highest BCUT2D eigenvalue weighted by atomic mass is 35.5. The molecule has 1 aliphatic heterocycles. The molecule has 1 heterocycles. The molecule has 8 nitrogen and oxygen atoms in total. The Bertz CT molecular complexity index is 916. The molecule has 1 aromatic carbocycles. The maximum Gasteiger partial charge on any atom is 0.340 e. The van der Waals surface area contributed by atoms with Crippen LogP contribution >= 0.6 is 11.6 Å². The molecule has 0 bridgehead atoms. The Hall–Kier alpha value is -1.68. The lowest BCUT2D eigenvalue weighted by Gasteiger charge is -2.34. The Morgan fingerprint density at radius 3 is 2.65 bits per heavy atom. The quantitative estimate of drug-likeness (QED) is 0.638.